The monoisotopic (exact) mass is 413 g/mol. The fourth-order valence-electron chi connectivity index (χ4n) is 3.62. The van der Waals surface area contributed by atoms with Crippen LogP contribution in [0.1, 0.15) is 28.2 Å². The van der Waals surface area contributed by atoms with Crippen LogP contribution in [0.15, 0.2) is 85.1 Å². The standard InChI is InChI=1S/C25H27N5O/c26-24-19-21(28-30(24)22-12-5-2-6-13-22)11-7-16-27-25(31)23-14-8-17-29(23)18-15-20-9-3-1-4-10-20/h1-6,8-10,12-14,17,19H,7,11,15-16,18,26H2,(H,27,31). The third-order valence-electron chi connectivity index (χ3n) is 5.23. The van der Waals surface area contributed by atoms with Crippen LogP contribution in [-0.2, 0) is 19.4 Å². The summed E-state index contributed by atoms with van der Waals surface area (Å²) in [6.07, 6.45) is 4.39. The number of amides is 1. The van der Waals surface area contributed by atoms with E-state index in [0.29, 0.717) is 18.1 Å². The number of para-hydroxylation sites is 1. The quantitative estimate of drug-likeness (QED) is 0.409. The van der Waals surface area contributed by atoms with Crippen molar-refractivity contribution in [1.29, 1.82) is 0 Å². The van der Waals surface area contributed by atoms with Gasteiger partial charge in [-0.15, -0.1) is 0 Å². The highest BCUT2D eigenvalue weighted by Gasteiger charge is 2.11. The Morgan fingerprint density at radius 1 is 0.935 bits per heavy atom. The highest BCUT2D eigenvalue weighted by molar-refractivity contribution is 5.92. The molecule has 1 amide bonds. The van der Waals surface area contributed by atoms with E-state index in [9.17, 15) is 4.79 Å². The van der Waals surface area contributed by atoms with E-state index in [2.05, 4.69) is 22.5 Å². The van der Waals surface area contributed by atoms with E-state index in [0.717, 1.165) is 37.2 Å². The first-order valence-electron chi connectivity index (χ1n) is 10.6. The fraction of sp³-hybridized carbons (Fsp3) is 0.200. The minimum atomic E-state index is -0.0487. The number of hydrogen-bond acceptors (Lipinski definition) is 3. The molecule has 158 valence electrons. The lowest BCUT2D eigenvalue weighted by Crippen LogP contribution is -2.27. The summed E-state index contributed by atoms with van der Waals surface area (Å²) in [6, 6.07) is 25.8. The summed E-state index contributed by atoms with van der Waals surface area (Å²) in [5.41, 5.74) is 9.91. The first kappa shape index (κ1) is 20.5. The number of nitrogen functional groups attached to an aromatic ring is 1. The van der Waals surface area contributed by atoms with Gasteiger partial charge in [0.25, 0.3) is 5.91 Å². The smallest absolute Gasteiger partial charge is 0.267 e. The normalized spacial score (nSPS) is 10.8. The van der Waals surface area contributed by atoms with Gasteiger partial charge in [-0.2, -0.15) is 5.10 Å². The van der Waals surface area contributed by atoms with Crippen molar-refractivity contribution < 1.29 is 4.79 Å². The van der Waals surface area contributed by atoms with Gasteiger partial charge in [0.2, 0.25) is 0 Å². The second-order valence-electron chi connectivity index (χ2n) is 7.49. The van der Waals surface area contributed by atoms with Gasteiger partial charge in [0.1, 0.15) is 11.5 Å². The molecule has 0 saturated carbocycles. The maximum Gasteiger partial charge on any atom is 0.267 e. The van der Waals surface area contributed by atoms with E-state index in [1.54, 1.807) is 4.68 Å². The minimum absolute atomic E-state index is 0.0487. The van der Waals surface area contributed by atoms with Crippen molar-refractivity contribution in [3.8, 4) is 5.69 Å². The zero-order valence-corrected chi connectivity index (χ0v) is 17.4. The molecule has 6 nitrogen and oxygen atoms in total. The highest BCUT2D eigenvalue weighted by Crippen LogP contribution is 2.15. The molecule has 4 rings (SSSR count). The third-order valence-corrected chi connectivity index (χ3v) is 5.23. The van der Waals surface area contributed by atoms with Crippen molar-refractivity contribution >= 4 is 11.7 Å². The molecule has 2 aromatic carbocycles. The van der Waals surface area contributed by atoms with Crippen LogP contribution in [0.5, 0.6) is 0 Å². The molecule has 0 saturated heterocycles. The summed E-state index contributed by atoms with van der Waals surface area (Å²) < 4.78 is 3.75. The van der Waals surface area contributed by atoms with Gasteiger partial charge in [-0.25, -0.2) is 4.68 Å². The van der Waals surface area contributed by atoms with Gasteiger partial charge in [-0.3, -0.25) is 4.79 Å². The summed E-state index contributed by atoms with van der Waals surface area (Å²) in [4.78, 5) is 12.6. The van der Waals surface area contributed by atoms with Crippen LogP contribution in [0.3, 0.4) is 0 Å². The summed E-state index contributed by atoms with van der Waals surface area (Å²) in [5, 5.41) is 7.61. The first-order valence-corrected chi connectivity index (χ1v) is 10.6. The van der Waals surface area contributed by atoms with Gasteiger partial charge in [0.05, 0.1) is 11.4 Å². The molecule has 0 radical (unpaired) electrons. The molecule has 4 aromatic rings. The molecular weight excluding hydrogens is 386 g/mol. The molecule has 0 bridgehead atoms. The number of hydrogen-bond donors (Lipinski definition) is 2. The van der Waals surface area contributed by atoms with Gasteiger partial charge in [0.15, 0.2) is 0 Å². The number of benzene rings is 2. The molecule has 0 aliphatic rings. The van der Waals surface area contributed by atoms with E-state index in [-0.39, 0.29) is 5.91 Å². The predicted molar refractivity (Wildman–Crippen MR) is 123 cm³/mol. The second-order valence-corrected chi connectivity index (χ2v) is 7.49. The van der Waals surface area contributed by atoms with Crippen molar-refractivity contribution in [3.05, 3.63) is 102 Å². The lowest BCUT2D eigenvalue weighted by molar-refractivity contribution is 0.0944. The molecule has 0 aliphatic carbocycles. The number of aromatic nitrogens is 3. The maximum absolute atomic E-state index is 12.6. The van der Waals surface area contributed by atoms with Gasteiger partial charge in [0, 0.05) is 25.4 Å². The zero-order valence-electron chi connectivity index (χ0n) is 17.4. The Bertz CT molecular complexity index is 1120. The molecule has 0 unspecified atom stereocenters. The molecule has 2 aromatic heterocycles. The number of nitrogens with two attached hydrogens (primary N) is 1. The van der Waals surface area contributed by atoms with Crippen LogP contribution in [0, 0.1) is 0 Å². The van der Waals surface area contributed by atoms with E-state index in [4.69, 9.17) is 5.73 Å². The molecule has 6 heteroatoms. The molecule has 0 spiro atoms. The van der Waals surface area contributed by atoms with Gasteiger partial charge in [-0.1, -0.05) is 48.5 Å². The Morgan fingerprint density at radius 3 is 2.45 bits per heavy atom. The first-order chi connectivity index (χ1) is 15.2. The zero-order chi connectivity index (χ0) is 21.5. The second kappa shape index (κ2) is 9.80. The summed E-state index contributed by atoms with van der Waals surface area (Å²) in [6.45, 7) is 1.36. The van der Waals surface area contributed by atoms with Crippen LogP contribution >= 0.6 is 0 Å². The SMILES string of the molecule is Nc1cc(CCCNC(=O)c2cccn2CCc2ccccc2)nn1-c1ccccc1. The lowest BCUT2D eigenvalue weighted by atomic mass is 10.1. The Morgan fingerprint density at radius 2 is 1.68 bits per heavy atom. The molecule has 0 aliphatic heterocycles. The average Bonchev–Trinajstić information content (AvgIpc) is 3.43. The number of nitrogens with zero attached hydrogens (tertiary/aromatic N) is 3. The molecule has 0 atom stereocenters. The summed E-state index contributed by atoms with van der Waals surface area (Å²) in [7, 11) is 0. The average molecular weight is 414 g/mol. The number of carbonyl (C=O) groups is 1. The van der Waals surface area contributed by atoms with Crippen LogP contribution in [0.25, 0.3) is 5.69 Å². The van der Waals surface area contributed by atoms with Crippen molar-refractivity contribution in [2.24, 2.45) is 0 Å². The number of carbonyl (C=O) groups excluding carboxylic acids is 1. The van der Waals surface area contributed by atoms with Crippen molar-refractivity contribution in [2.75, 3.05) is 12.3 Å². The lowest BCUT2D eigenvalue weighted by Gasteiger charge is -2.10. The van der Waals surface area contributed by atoms with E-state index < -0.39 is 0 Å². The number of nitrogens with one attached hydrogen (secondary N) is 1. The molecule has 2 heterocycles. The van der Waals surface area contributed by atoms with Crippen molar-refractivity contribution in [1.82, 2.24) is 19.7 Å². The number of anilines is 1. The Labute approximate surface area is 182 Å². The predicted octanol–water partition coefficient (Wildman–Crippen LogP) is 3.86. The van der Waals surface area contributed by atoms with Crippen LogP contribution in [0.2, 0.25) is 0 Å². The molecule has 3 N–H and O–H groups in total. The largest absolute Gasteiger partial charge is 0.384 e. The fourth-order valence-corrected chi connectivity index (χ4v) is 3.62. The minimum Gasteiger partial charge on any atom is -0.384 e. The van der Waals surface area contributed by atoms with Crippen molar-refractivity contribution in [3.63, 3.8) is 0 Å². The highest BCUT2D eigenvalue weighted by atomic mass is 16.1. The molecule has 31 heavy (non-hydrogen) atoms. The summed E-state index contributed by atoms with van der Waals surface area (Å²) >= 11 is 0. The van der Waals surface area contributed by atoms with Crippen LogP contribution in [-0.4, -0.2) is 26.8 Å². The van der Waals surface area contributed by atoms with Crippen LogP contribution < -0.4 is 11.1 Å². The van der Waals surface area contributed by atoms with Gasteiger partial charge >= 0.3 is 0 Å². The van der Waals surface area contributed by atoms with Gasteiger partial charge in [-0.05, 0) is 49.1 Å². The number of aryl methyl sites for hydroxylation is 3. The Hall–Kier alpha value is -3.80. The Kier molecular flexibility index (Phi) is 6.47. The molecule has 0 fully saturated rings. The van der Waals surface area contributed by atoms with Crippen molar-refractivity contribution in [2.45, 2.75) is 25.8 Å². The van der Waals surface area contributed by atoms with E-state index in [1.165, 1.54) is 5.56 Å². The topological polar surface area (TPSA) is 77.9 Å². The molecular formula is C25H27N5O. The van der Waals surface area contributed by atoms with E-state index in [1.807, 2.05) is 77.5 Å². The summed E-state index contributed by atoms with van der Waals surface area (Å²) in [5.74, 6) is 0.564. The van der Waals surface area contributed by atoms with E-state index >= 15 is 0 Å². The number of rotatable bonds is 9. The third kappa shape index (κ3) is 5.22. The van der Waals surface area contributed by atoms with Crippen LogP contribution in [0.4, 0.5) is 5.82 Å². The maximum atomic E-state index is 12.6. The Balaban J connectivity index is 1.26. The van der Waals surface area contributed by atoms with Gasteiger partial charge < -0.3 is 15.6 Å².